The van der Waals surface area contributed by atoms with Crippen LogP contribution >= 0.6 is 0 Å². The highest BCUT2D eigenvalue weighted by Crippen LogP contribution is 2.67. The van der Waals surface area contributed by atoms with Crippen LogP contribution in [-0.2, 0) is 16.5 Å². The van der Waals surface area contributed by atoms with Crippen molar-refractivity contribution >= 4 is 0 Å². The average molecular weight is 372 g/mol. The first-order valence-electron chi connectivity index (χ1n) is 11.6. The Morgan fingerprint density at radius 1 is 0.893 bits per heavy atom. The predicted octanol–water partition coefficient (Wildman–Crippen LogP) is 6.40. The standard InChI is InChI=1S/C27H33N/c1-3-4-15-26-17-20(26)18-27(16-19-13-14-19)24-12-8-6-10-22(24)25(2,28-27)21-9-5-7-11-23(21)26/h5-12,19-20,28H,3-4,13-18H2,1-2H3/t20-,25-,26-,27+/m1/s1. The van der Waals surface area contributed by atoms with E-state index in [9.17, 15) is 0 Å². The number of hydrogen-bond acceptors (Lipinski definition) is 1. The Morgan fingerprint density at radius 3 is 2.21 bits per heavy atom. The Balaban J connectivity index is 1.58. The quantitative estimate of drug-likeness (QED) is 0.641. The Morgan fingerprint density at radius 2 is 1.54 bits per heavy atom. The van der Waals surface area contributed by atoms with E-state index in [1.165, 1.54) is 56.9 Å². The third kappa shape index (κ3) is 2.23. The minimum absolute atomic E-state index is 0.0607. The summed E-state index contributed by atoms with van der Waals surface area (Å²) in [5.74, 6) is 1.77. The van der Waals surface area contributed by atoms with Crippen molar-refractivity contribution in [1.29, 1.82) is 0 Å². The molecule has 2 fully saturated rings. The van der Waals surface area contributed by atoms with Gasteiger partial charge < -0.3 is 0 Å². The molecule has 2 heterocycles. The molecule has 1 N–H and O–H groups in total. The third-order valence-electron chi connectivity index (χ3n) is 8.61. The lowest BCUT2D eigenvalue weighted by Gasteiger charge is -2.41. The zero-order chi connectivity index (χ0) is 19.0. The molecule has 0 unspecified atom stereocenters. The summed E-state index contributed by atoms with van der Waals surface area (Å²) in [5, 5.41) is 4.31. The van der Waals surface area contributed by atoms with Gasteiger partial charge in [0.05, 0.1) is 5.54 Å². The Bertz CT molecular complexity index is 927. The fourth-order valence-electron chi connectivity index (χ4n) is 7.07. The SMILES string of the molecule is CCCC[C@@]12C[C@@H]1C[C@]1(CC3CC3)N[C@@](C)(c3ccccc31)c1ccccc12. The summed E-state index contributed by atoms with van der Waals surface area (Å²) in [7, 11) is 0. The van der Waals surface area contributed by atoms with Crippen molar-refractivity contribution in [2.45, 2.75) is 81.7 Å². The molecule has 2 aliphatic carbocycles. The molecule has 0 saturated heterocycles. The maximum absolute atomic E-state index is 4.31. The zero-order valence-electron chi connectivity index (χ0n) is 17.4. The van der Waals surface area contributed by atoms with E-state index in [-0.39, 0.29) is 11.1 Å². The van der Waals surface area contributed by atoms with Gasteiger partial charge in [-0.2, -0.15) is 0 Å². The van der Waals surface area contributed by atoms with Crippen LogP contribution in [0.5, 0.6) is 0 Å². The molecular formula is C27H33N. The molecule has 2 saturated carbocycles. The smallest absolute Gasteiger partial charge is 0.0675 e. The highest BCUT2D eigenvalue weighted by atomic mass is 15.1. The van der Waals surface area contributed by atoms with Gasteiger partial charge in [0, 0.05) is 5.54 Å². The molecule has 2 aliphatic heterocycles. The molecule has 6 rings (SSSR count). The summed E-state index contributed by atoms with van der Waals surface area (Å²) >= 11 is 0. The molecule has 0 amide bonds. The van der Waals surface area contributed by atoms with Crippen molar-refractivity contribution in [3.8, 4) is 0 Å². The van der Waals surface area contributed by atoms with Crippen LogP contribution in [0.25, 0.3) is 0 Å². The van der Waals surface area contributed by atoms with Gasteiger partial charge in [-0.15, -0.1) is 0 Å². The molecule has 2 bridgehead atoms. The molecule has 4 aliphatic rings. The highest BCUT2D eigenvalue weighted by Gasteiger charge is 2.63. The van der Waals surface area contributed by atoms with E-state index in [1.54, 1.807) is 16.7 Å². The van der Waals surface area contributed by atoms with Gasteiger partial charge in [0.1, 0.15) is 0 Å². The monoisotopic (exact) mass is 371 g/mol. The fraction of sp³-hybridized carbons (Fsp3) is 0.556. The van der Waals surface area contributed by atoms with E-state index in [0.717, 1.165) is 11.8 Å². The van der Waals surface area contributed by atoms with Crippen LogP contribution in [0, 0.1) is 11.8 Å². The van der Waals surface area contributed by atoms with Crippen molar-refractivity contribution < 1.29 is 0 Å². The summed E-state index contributed by atoms with van der Waals surface area (Å²) in [6.45, 7) is 4.81. The molecule has 146 valence electrons. The lowest BCUT2D eigenvalue weighted by atomic mass is 9.75. The van der Waals surface area contributed by atoms with Gasteiger partial charge in [0.25, 0.3) is 0 Å². The lowest BCUT2D eigenvalue weighted by Crippen LogP contribution is -2.49. The topological polar surface area (TPSA) is 12.0 Å². The van der Waals surface area contributed by atoms with E-state index in [2.05, 4.69) is 67.7 Å². The molecule has 0 aromatic heterocycles. The van der Waals surface area contributed by atoms with Crippen LogP contribution in [-0.4, -0.2) is 0 Å². The van der Waals surface area contributed by atoms with E-state index in [0.29, 0.717) is 5.41 Å². The maximum Gasteiger partial charge on any atom is 0.0675 e. The molecule has 0 radical (unpaired) electrons. The normalized spacial score (nSPS) is 37.4. The first kappa shape index (κ1) is 17.3. The number of rotatable bonds is 5. The third-order valence-corrected chi connectivity index (χ3v) is 8.61. The van der Waals surface area contributed by atoms with Gasteiger partial charge in [-0.3, -0.25) is 5.32 Å². The van der Waals surface area contributed by atoms with E-state index < -0.39 is 0 Å². The minimum atomic E-state index is -0.0607. The molecule has 1 heteroatoms. The van der Waals surface area contributed by atoms with Crippen LogP contribution < -0.4 is 5.32 Å². The van der Waals surface area contributed by atoms with Crippen molar-refractivity contribution in [2.75, 3.05) is 0 Å². The van der Waals surface area contributed by atoms with Crippen molar-refractivity contribution in [2.24, 2.45) is 11.8 Å². The van der Waals surface area contributed by atoms with Crippen LogP contribution in [0.3, 0.4) is 0 Å². The average Bonchev–Trinajstić information content (AvgIpc) is 3.62. The first-order valence-corrected chi connectivity index (χ1v) is 11.6. The van der Waals surface area contributed by atoms with E-state index in [1.807, 2.05) is 0 Å². The zero-order valence-corrected chi connectivity index (χ0v) is 17.4. The van der Waals surface area contributed by atoms with Crippen molar-refractivity contribution in [1.82, 2.24) is 5.32 Å². The summed E-state index contributed by atoms with van der Waals surface area (Å²) in [6.07, 6.45) is 11.0. The molecule has 28 heavy (non-hydrogen) atoms. The van der Waals surface area contributed by atoms with Crippen molar-refractivity contribution in [3.63, 3.8) is 0 Å². The summed E-state index contributed by atoms with van der Waals surface area (Å²) < 4.78 is 0. The summed E-state index contributed by atoms with van der Waals surface area (Å²) in [6, 6.07) is 18.8. The second-order valence-corrected chi connectivity index (χ2v) is 10.4. The van der Waals surface area contributed by atoms with Gasteiger partial charge in [0.2, 0.25) is 0 Å². The number of hydrogen-bond donors (Lipinski definition) is 1. The number of benzene rings is 2. The summed E-state index contributed by atoms with van der Waals surface area (Å²) in [4.78, 5) is 0. The molecule has 1 nitrogen and oxygen atoms in total. The highest BCUT2D eigenvalue weighted by molar-refractivity contribution is 5.57. The molecule has 4 atom stereocenters. The molecule has 2 aromatic carbocycles. The molecular weight excluding hydrogens is 338 g/mol. The minimum Gasteiger partial charge on any atom is -0.294 e. The molecule has 2 aromatic rings. The van der Waals surface area contributed by atoms with Crippen LogP contribution in [0.1, 0.15) is 87.5 Å². The Hall–Kier alpha value is -1.60. The Labute approximate surface area is 169 Å². The van der Waals surface area contributed by atoms with Gasteiger partial charge in [0.15, 0.2) is 0 Å². The Kier molecular flexibility index (Phi) is 3.53. The summed E-state index contributed by atoms with van der Waals surface area (Å²) in [5.41, 5.74) is 6.91. The fourth-order valence-corrected chi connectivity index (χ4v) is 7.07. The van der Waals surface area contributed by atoms with Gasteiger partial charge in [-0.25, -0.2) is 0 Å². The lowest BCUT2D eigenvalue weighted by molar-refractivity contribution is 0.216. The number of fused-ring (bicyclic) bond motifs is 9. The number of unbranched alkanes of at least 4 members (excludes halogenated alkanes) is 1. The van der Waals surface area contributed by atoms with Crippen molar-refractivity contribution in [3.05, 3.63) is 70.8 Å². The second-order valence-electron chi connectivity index (χ2n) is 10.4. The van der Waals surface area contributed by atoms with Crippen LogP contribution in [0.2, 0.25) is 0 Å². The van der Waals surface area contributed by atoms with E-state index >= 15 is 0 Å². The van der Waals surface area contributed by atoms with Gasteiger partial charge >= 0.3 is 0 Å². The largest absolute Gasteiger partial charge is 0.294 e. The van der Waals surface area contributed by atoms with E-state index in [4.69, 9.17) is 0 Å². The van der Waals surface area contributed by atoms with Gasteiger partial charge in [-0.05, 0) is 72.1 Å². The second kappa shape index (κ2) is 5.72. The maximum atomic E-state index is 4.31. The predicted molar refractivity (Wildman–Crippen MR) is 115 cm³/mol. The van der Waals surface area contributed by atoms with Gasteiger partial charge in [-0.1, -0.05) is 81.1 Å². The van der Waals surface area contributed by atoms with Crippen LogP contribution in [0.15, 0.2) is 48.5 Å². The number of nitrogens with one attached hydrogen (secondary N) is 1. The first-order chi connectivity index (χ1) is 13.6. The van der Waals surface area contributed by atoms with Crippen LogP contribution in [0.4, 0.5) is 0 Å². The molecule has 0 spiro atoms.